The van der Waals surface area contributed by atoms with Crippen molar-refractivity contribution in [3.05, 3.63) is 47.5 Å². The zero-order valence-corrected chi connectivity index (χ0v) is 8.17. The van der Waals surface area contributed by atoms with E-state index in [9.17, 15) is 0 Å². The lowest BCUT2D eigenvalue weighted by molar-refractivity contribution is 1.47. The van der Waals surface area contributed by atoms with Crippen LogP contribution in [0.15, 0.2) is 36.4 Å². The van der Waals surface area contributed by atoms with Crippen LogP contribution in [0.3, 0.4) is 0 Å². The van der Waals surface area contributed by atoms with Gasteiger partial charge in [0.1, 0.15) is 0 Å². The Morgan fingerprint density at radius 2 is 1.08 bits per heavy atom. The first-order valence-electron chi connectivity index (χ1n) is 4.23. The van der Waals surface area contributed by atoms with Gasteiger partial charge in [-0.25, -0.2) is 0 Å². The van der Waals surface area contributed by atoms with Gasteiger partial charge in [0, 0.05) is 0 Å². The number of hydrogen-bond donors (Lipinski definition) is 1. The first kappa shape index (κ1) is 9.75. The summed E-state index contributed by atoms with van der Waals surface area (Å²) >= 11 is 0. The van der Waals surface area contributed by atoms with Crippen molar-refractivity contribution in [2.45, 2.75) is 13.8 Å². The molecule has 0 aliphatic carbocycles. The summed E-state index contributed by atoms with van der Waals surface area (Å²) in [6.45, 7) is 4.25. The van der Waals surface area contributed by atoms with E-state index in [-0.39, 0.29) is 6.15 Å². The predicted molar refractivity (Wildman–Crippen MR) is 58.4 cm³/mol. The van der Waals surface area contributed by atoms with Gasteiger partial charge >= 0.3 is 0 Å². The van der Waals surface area contributed by atoms with E-state index in [0.717, 1.165) is 0 Å². The SMILES string of the molecule is Cc1ccc2cc(C)ccc2c1.N. The van der Waals surface area contributed by atoms with Gasteiger partial charge in [0.15, 0.2) is 0 Å². The zero-order chi connectivity index (χ0) is 8.55. The Balaban J connectivity index is 0.000000845. The molecule has 0 atom stereocenters. The monoisotopic (exact) mass is 173 g/mol. The molecule has 0 heterocycles. The maximum atomic E-state index is 2.22. The molecule has 2 aromatic rings. The molecule has 0 saturated carbocycles. The number of hydrogen-bond acceptors (Lipinski definition) is 1. The molecule has 0 aliphatic rings. The Morgan fingerprint density at radius 1 is 0.692 bits per heavy atom. The lowest BCUT2D eigenvalue weighted by atomic mass is 10.1. The second-order valence-corrected chi connectivity index (χ2v) is 3.35. The number of fused-ring (bicyclic) bond motifs is 1. The first-order chi connectivity index (χ1) is 5.75. The average Bonchev–Trinajstić information content (AvgIpc) is 2.05. The molecule has 13 heavy (non-hydrogen) atoms. The third kappa shape index (κ3) is 1.87. The van der Waals surface area contributed by atoms with Gasteiger partial charge in [-0.1, -0.05) is 47.5 Å². The fourth-order valence-electron chi connectivity index (χ4n) is 1.48. The van der Waals surface area contributed by atoms with E-state index in [4.69, 9.17) is 0 Å². The molecule has 0 spiro atoms. The van der Waals surface area contributed by atoms with Crippen LogP contribution >= 0.6 is 0 Å². The lowest BCUT2D eigenvalue weighted by Crippen LogP contribution is -1.76. The molecule has 0 aliphatic heterocycles. The Hall–Kier alpha value is -1.34. The van der Waals surface area contributed by atoms with Crippen molar-refractivity contribution in [1.29, 1.82) is 0 Å². The molecule has 68 valence electrons. The molecule has 0 aromatic heterocycles. The average molecular weight is 173 g/mol. The van der Waals surface area contributed by atoms with Gasteiger partial charge in [0.2, 0.25) is 0 Å². The number of benzene rings is 2. The minimum Gasteiger partial charge on any atom is -0.344 e. The van der Waals surface area contributed by atoms with Crippen molar-refractivity contribution in [1.82, 2.24) is 6.15 Å². The Kier molecular flexibility index (Phi) is 2.69. The van der Waals surface area contributed by atoms with Crippen molar-refractivity contribution in [2.24, 2.45) is 0 Å². The summed E-state index contributed by atoms with van der Waals surface area (Å²) in [6.07, 6.45) is 0. The molecule has 0 radical (unpaired) electrons. The predicted octanol–water partition coefficient (Wildman–Crippen LogP) is 3.62. The molecule has 0 fully saturated rings. The van der Waals surface area contributed by atoms with E-state index in [1.54, 1.807) is 0 Å². The van der Waals surface area contributed by atoms with E-state index in [0.29, 0.717) is 0 Å². The Bertz CT molecular complexity index is 377. The van der Waals surface area contributed by atoms with Crippen LogP contribution in [-0.4, -0.2) is 0 Å². The Labute approximate surface area is 79.0 Å². The highest BCUT2D eigenvalue weighted by Crippen LogP contribution is 2.16. The molecule has 0 amide bonds. The molecular weight excluding hydrogens is 158 g/mol. The number of aryl methyl sites for hydroxylation is 2. The summed E-state index contributed by atoms with van der Waals surface area (Å²) in [5, 5.41) is 2.67. The molecular formula is C12H15N. The summed E-state index contributed by atoms with van der Waals surface area (Å²) in [7, 11) is 0. The third-order valence-electron chi connectivity index (χ3n) is 2.15. The van der Waals surface area contributed by atoms with E-state index in [1.165, 1.54) is 21.9 Å². The minimum absolute atomic E-state index is 0. The van der Waals surface area contributed by atoms with E-state index in [1.807, 2.05) is 0 Å². The van der Waals surface area contributed by atoms with E-state index >= 15 is 0 Å². The normalized spacial score (nSPS) is 9.69. The van der Waals surface area contributed by atoms with Crippen LogP contribution < -0.4 is 6.15 Å². The van der Waals surface area contributed by atoms with Crippen LogP contribution in [0.4, 0.5) is 0 Å². The molecule has 2 aromatic carbocycles. The molecule has 1 nitrogen and oxygen atoms in total. The molecule has 0 saturated heterocycles. The van der Waals surface area contributed by atoms with E-state index in [2.05, 4.69) is 50.2 Å². The largest absolute Gasteiger partial charge is 0.344 e. The fraction of sp³-hybridized carbons (Fsp3) is 0.167. The van der Waals surface area contributed by atoms with Gasteiger partial charge in [-0.05, 0) is 24.6 Å². The van der Waals surface area contributed by atoms with Crippen LogP contribution in [-0.2, 0) is 0 Å². The smallest absolute Gasteiger partial charge is 0.0181 e. The molecule has 1 heteroatoms. The summed E-state index contributed by atoms with van der Waals surface area (Å²) in [5.41, 5.74) is 2.65. The standard InChI is InChI=1S/C12H12.H3N/c1-9-3-5-12-8-10(2)4-6-11(12)7-9;/h3-8H,1-2H3;1H3. The van der Waals surface area contributed by atoms with Gasteiger partial charge in [-0.2, -0.15) is 0 Å². The highest BCUT2D eigenvalue weighted by Gasteiger charge is 1.92. The summed E-state index contributed by atoms with van der Waals surface area (Å²) in [6, 6.07) is 13.1. The molecule has 0 unspecified atom stereocenters. The maximum absolute atomic E-state index is 2.22. The summed E-state index contributed by atoms with van der Waals surface area (Å²) in [5.74, 6) is 0. The van der Waals surface area contributed by atoms with Crippen LogP contribution in [0.2, 0.25) is 0 Å². The van der Waals surface area contributed by atoms with Crippen LogP contribution in [0, 0.1) is 13.8 Å². The summed E-state index contributed by atoms with van der Waals surface area (Å²) < 4.78 is 0. The van der Waals surface area contributed by atoms with E-state index < -0.39 is 0 Å². The quantitative estimate of drug-likeness (QED) is 0.648. The van der Waals surface area contributed by atoms with Crippen LogP contribution in [0.25, 0.3) is 10.8 Å². The second kappa shape index (κ2) is 3.58. The first-order valence-corrected chi connectivity index (χ1v) is 4.23. The highest BCUT2D eigenvalue weighted by molar-refractivity contribution is 5.83. The van der Waals surface area contributed by atoms with Gasteiger partial charge in [-0.3, -0.25) is 0 Å². The highest BCUT2D eigenvalue weighted by atomic mass is 14.0. The fourth-order valence-corrected chi connectivity index (χ4v) is 1.48. The van der Waals surface area contributed by atoms with Crippen LogP contribution in [0.5, 0.6) is 0 Å². The van der Waals surface area contributed by atoms with Gasteiger partial charge in [0.25, 0.3) is 0 Å². The third-order valence-corrected chi connectivity index (χ3v) is 2.15. The topological polar surface area (TPSA) is 35.0 Å². The lowest BCUT2D eigenvalue weighted by Gasteiger charge is -1.99. The summed E-state index contributed by atoms with van der Waals surface area (Å²) in [4.78, 5) is 0. The number of rotatable bonds is 0. The second-order valence-electron chi connectivity index (χ2n) is 3.35. The zero-order valence-electron chi connectivity index (χ0n) is 8.17. The molecule has 3 N–H and O–H groups in total. The van der Waals surface area contributed by atoms with Gasteiger partial charge in [-0.15, -0.1) is 0 Å². The molecule has 2 rings (SSSR count). The van der Waals surface area contributed by atoms with Gasteiger partial charge < -0.3 is 6.15 Å². The van der Waals surface area contributed by atoms with Crippen molar-refractivity contribution >= 4 is 10.8 Å². The van der Waals surface area contributed by atoms with Crippen molar-refractivity contribution in [2.75, 3.05) is 0 Å². The van der Waals surface area contributed by atoms with Gasteiger partial charge in [0.05, 0.1) is 0 Å². The molecule has 0 bridgehead atoms. The van der Waals surface area contributed by atoms with Crippen molar-refractivity contribution in [3.8, 4) is 0 Å². The maximum Gasteiger partial charge on any atom is -0.0181 e. The minimum atomic E-state index is 0. The van der Waals surface area contributed by atoms with Crippen molar-refractivity contribution in [3.63, 3.8) is 0 Å². The van der Waals surface area contributed by atoms with Crippen molar-refractivity contribution < 1.29 is 0 Å². The Morgan fingerprint density at radius 3 is 1.46 bits per heavy atom. The van der Waals surface area contributed by atoms with Crippen LogP contribution in [0.1, 0.15) is 11.1 Å².